The van der Waals surface area contributed by atoms with Crippen LogP contribution >= 0.6 is 0 Å². The van der Waals surface area contributed by atoms with Crippen molar-refractivity contribution in [2.45, 2.75) is 25.8 Å². The average Bonchev–Trinajstić information content (AvgIpc) is 2.59. The normalized spacial score (nSPS) is 20.3. The van der Waals surface area contributed by atoms with Crippen LogP contribution in [0.15, 0.2) is 24.3 Å². The van der Waals surface area contributed by atoms with Gasteiger partial charge in [0.05, 0.1) is 23.9 Å². The summed E-state index contributed by atoms with van der Waals surface area (Å²) in [6, 6.07) is 5.46. The van der Waals surface area contributed by atoms with E-state index in [0.717, 1.165) is 0 Å². The quantitative estimate of drug-likeness (QED) is 0.221. The lowest BCUT2D eigenvalue weighted by atomic mass is 9.80. The molecule has 1 saturated heterocycles. The SMILES string of the molecule is CC(CO)[C@H]1NC(=O)[C@@H]1CCOOC(=O)Cc1ccc([N+](=O)[O-])cc1. The molecule has 1 unspecified atom stereocenters. The predicted octanol–water partition coefficient (Wildman–Crippen LogP) is 0.745. The minimum Gasteiger partial charge on any atom is -0.396 e. The van der Waals surface area contributed by atoms with Crippen LogP contribution in [0.1, 0.15) is 18.9 Å². The van der Waals surface area contributed by atoms with Gasteiger partial charge in [0.2, 0.25) is 5.91 Å². The van der Waals surface area contributed by atoms with Crippen LogP contribution in [0, 0.1) is 22.0 Å². The second kappa shape index (κ2) is 8.54. The molecule has 0 saturated carbocycles. The molecule has 136 valence electrons. The van der Waals surface area contributed by atoms with Crippen molar-refractivity contribution >= 4 is 17.6 Å². The van der Waals surface area contributed by atoms with Gasteiger partial charge in [-0.2, -0.15) is 4.89 Å². The number of nitro benzene ring substituents is 1. The Bertz CT molecular complexity index is 632. The summed E-state index contributed by atoms with van der Waals surface area (Å²) in [7, 11) is 0. The van der Waals surface area contributed by atoms with Crippen molar-refractivity contribution in [1.29, 1.82) is 0 Å². The number of nitrogens with zero attached hydrogens (tertiary/aromatic N) is 1. The molecule has 0 bridgehead atoms. The predicted molar refractivity (Wildman–Crippen MR) is 85.1 cm³/mol. The van der Waals surface area contributed by atoms with Crippen molar-refractivity contribution in [3.8, 4) is 0 Å². The number of rotatable bonds is 9. The highest BCUT2D eigenvalue weighted by atomic mass is 17.2. The second-order valence-corrected chi connectivity index (χ2v) is 5.97. The molecule has 0 aromatic heterocycles. The molecule has 1 heterocycles. The van der Waals surface area contributed by atoms with Gasteiger partial charge in [0.15, 0.2) is 0 Å². The molecule has 1 aromatic carbocycles. The van der Waals surface area contributed by atoms with Gasteiger partial charge < -0.3 is 10.4 Å². The zero-order valence-corrected chi connectivity index (χ0v) is 13.7. The number of benzene rings is 1. The van der Waals surface area contributed by atoms with Gasteiger partial charge in [-0.05, 0) is 12.0 Å². The first-order chi connectivity index (χ1) is 11.9. The summed E-state index contributed by atoms with van der Waals surface area (Å²) in [5.74, 6) is -1.05. The molecule has 0 aliphatic carbocycles. The Morgan fingerprint density at radius 3 is 2.64 bits per heavy atom. The van der Waals surface area contributed by atoms with Gasteiger partial charge in [0, 0.05) is 30.7 Å². The first kappa shape index (κ1) is 18.8. The molecule has 1 aromatic rings. The molecular formula is C16H20N2O7. The van der Waals surface area contributed by atoms with Crippen molar-refractivity contribution in [3.05, 3.63) is 39.9 Å². The molecular weight excluding hydrogens is 332 g/mol. The van der Waals surface area contributed by atoms with E-state index in [1.54, 1.807) is 0 Å². The molecule has 0 radical (unpaired) electrons. The molecule has 3 atom stereocenters. The zero-order chi connectivity index (χ0) is 18.4. The van der Waals surface area contributed by atoms with Crippen molar-refractivity contribution < 1.29 is 29.4 Å². The van der Waals surface area contributed by atoms with E-state index in [-0.39, 0.29) is 49.1 Å². The molecule has 25 heavy (non-hydrogen) atoms. The van der Waals surface area contributed by atoms with Crippen molar-refractivity contribution in [2.75, 3.05) is 13.2 Å². The Morgan fingerprint density at radius 2 is 2.08 bits per heavy atom. The average molecular weight is 352 g/mol. The molecule has 1 amide bonds. The summed E-state index contributed by atoms with van der Waals surface area (Å²) < 4.78 is 0. The maximum atomic E-state index is 11.6. The summed E-state index contributed by atoms with van der Waals surface area (Å²) in [6.45, 7) is 1.88. The van der Waals surface area contributed by atoms with Gasteiger partial charge in [-0.1, -0.05) is 19.1 Å². The number of aliphatic hydroxyl groups is 1. The van der Waals surface area contributed by atoms with Crippen molar-refractivity contribution in [3.63, 3.8) is 0 Å². The third kappa shape index (κ3) is 4.97. The van der Waals surface area contributed by atoms with E-state index in [2.05, 4.69) is 10.2 Å². The van der Waals surface area contributed by atoms with E-state index < -0.39 is 10.9 Å². The van der Waals surface area contributed by atoms with Crippen LogP contribution in [0.2, 0.25) is 0 Å². The summed E-state index contributed by atoms with van der Waals surface area (Å²) in [4.78, 5) is 42.7. The maximum absolute atomic E-state index is 11.6. The summed E-state index contributed by atoms with van der Waals surface area (Å²) in [5.41, 5.74) is 0.508. The number of carbonyl (C=O) groups is 2. The smallest absolute Gasteiger partial charge is 0.346 e. The number of β-lactam (4-membered cyclic amide) rings is 1. The lowest BCUT2D eigenvalue weighted by Crippen LogP contribution is -2.61. The lowest BCUT2D eigenvalue weighted by molar-refractivity contribution is -0.384. The number of nitro groups is 1. The topological polar surface area (TPSA) is 128 Å². The van der Waals surface area contributed by atoms with Gasteiger partial charge in [-0.3, -0.25) is 19.8 Å². The van der Waals surface area contributed by atoms with E-state index in [1.807, 2.05) is 6.92 Å². The van der Waals surface area contributed by atoms with E-state index in [0.29, 0.717) is 12.0 Å². The van der Waals surface area contributed by atoms with Crippen LogP contribution in [-0.4, -0.2) is 41.2 Å². The fraction of sp³-hybridized carbons (Fsp3) is 0.500. The standard InChI is InChI=1S/C16H20N2O7/c1-10(9-19)15-13(16(21)17-15)6-7-24-25-14(20)8-11-2-4-12(5-3-11)18(22)23/h2-5,10,13,15,19H,6-9H2,1H3,(H,17,21)/t10?,13-,15-/m1/s1. The van der Waals surface area contributed by atoms with Crippen LogP contribution in [-0.2, 0) is 25.8 Å². The van der Waals surface area contributed by atoms with Crippen molar-refractivity contribution in [1.82, 2.24) is 5.32 Å². The van der Waals surface area contributed by atoms with Gasteiger partial charge in [0.1, 0.15) is 0 Å². The first-order valence-corrected chi connectivity index (χ1v) is 7.89. The van der Waals surface area contributed by atoms with Gasteiger partial charge in [-0.15, -0.1) is 0 Å². The molecule has 0 spiro atoms. The summed E-state index contributed by atoms with van der Waals surface area (Å²) in [6.07, 6.45) is 0.303. The third-order valence-corrected chi connectivity index (χ3v) is 4.14. The maximum Gasteiger partial charge on any atom is 0.346 e. The third-order valence-electron chi connectivity index (χ3n) is 4.14. The first-order valence-electron chi connectivity index (χ1n) is 7.89. The molecule has 2 N–H and O–H groups in total. The van der Waals surface area contributed by atoms with Gasteiger partial charge >= 0.3 is 5.97 Å². The molecule has 1 aliphatic rings. The fourth-order valence-electron chi connectivity index (χ4n) is 2.62. The monoisotopic (exact) mass is 352 g/mol. The van der Waals surface area contributed by atoms with Crippen molar-refractivity contribution in [2.24, 2.45) is 11.8 Å². The van der Waals surface area contributed by atoms with Crippen LogP contribution < -0.4 is 5.32 Å². The number of amides is 1. The summed E-state index contributed by atoms with van der Waals surface area (Å²) >= 11 is 0. The number of nitrogens with one attached hydrogen (secondary N) is 1. The summed E-state index contributed by atoms with van der Waals surface area (Å²) in [5, 5.41) is 22.4. The van der Waals surface area contributed by atoms with E-state index >= 15 is 0 Å². The Balaban J connectivity index is 1.68. The van der Waals surface area contributed by atoms with Gasteiger partial charge in [0.25, 0.3) is 5.69 Å². The molecule has 9 heteroatoms. The highest BCUT2D eigenvalue weighted by Gasteiger charge is 2.41. The number of non-ortho nitro benzene ring substituents is 1. The number of hydrogen-bond acceptors (Lipinski definition) is 7. The largest absolute Gasteiger partial charge is 0.396 e. The Hall–Kier alpha value is -2.52. The van der Waals surface area contributed by atoms with Crippen LogP contribution in [0.25, 0.3) is 0 Å². The van der Waals surface area contributed by atoms with E-state index in [9.17, 15) is 19.7 Å². The lowest BCUT2D eigenvalue weighted by Gasteiger charge is -2.40. The van der Waals surface area contributed by atoms with Gasteiger partial charge in [-0.25, -0.2) is 4.79 Å². The minimum absolute atomic E-state index is 0.0213. The fourth-order valence-corrected chi connectivity index (χ4v) is 2.62. The Kier molecular flexibility index (Phi) is 6.43. The van der Waals surface area contributed by atoms with Crippen LogP contribution in [0.4, 0.5) is 5.69 Å². The Morgan fingerprint density at radius 1 is 1.40 bits per heavy atom. The highest BCUT2D eigenvalue weighted by molar-refractivity contribution is 5.85. The number of hydrogen-bond donors (Lipinski definition) is 2. The zero-order valence-electron chi connectivity index (χ0n) is 13.7. The highest BCUT2D eigenvalue weighted by Crippen LogP contribution is 2.25. The van der Waals surface area contributed by atoms with Crippen LogP contribution in [0.5, 0.6) is 0 Å². The Labute approximate surface area is 144 Å². The van der Waals surface area contributed by atoms with E-state index in [1.165, 1.54) is 24.3 Å². The second-order valence-electron chi connectivity index (χ2n) is 5.97. The number of carbonyl (C=O) groups excluding carboxylic acids is 2. The number of aliphatic hydroxyl groups excluding tert-OH is 1. The minimum atomic E-state index is -0.632. The van der Waals surface area contributed by atoms with Crippen LogP contribution in [0.3, 0.4) is 0 Å². The molecule has 1 fully saturated rings. The molecule has 9 nitrogen and oxygen atoms in total. The molecule has 1 aliphatic heterocycles. The molecule has 2 rings (SSSR count). The van der Waals surface area contributed by atoms with E-state index in [4.69, 9.17) is 9.99 Å².